The second-order valence-electron chi connectivity index (χ2n) is 3.27. The first-order valence-corrected chi connectivity index (χ1v) is 5.14. The summed E-state index contributed by atoms with van der Waals surface area (Å²) >= 11 is 0. The molecule has 0 aliphatic carbocycles. The Kier molecular flexibility index (Phi) is 3.02. The van der Waals surface area contributed by atoms with Crippen LogP contribution < -0.4 is 4.74 Å². The fourth-order valence-electron chi connectivity index (χ4n) is 1.37. The van der Waals surface area contributed by atoms with Crippen molar-refractivity contribution in [1.29, 1.82) is 0 Å². The zero-order valence-electron chi connectivity index (χ0n) is 8.76. The summed E-state index contributed by atoms with van der Waals surface area (Å²) in [5, 5.41) is 4.23. The number of hydrogen-bond donors (Lipinski definition) is 0. The third-order valence-corrected chi connectivity index (χ3v) is 2.06. The summed E-state index contributed by atoms with van der Waals surface area (Å²) in [5.74, 6) is 0.794. The largest absolute Gasteiger partial charge is 0.478 e. The van der Waals surface area contributed by atoms with Gasteiger partial charge in [-0.05, 0) is 18.6 Å². The minimum Gasteiger partial charge on any atom is -0.478 e. The van der Waals surface area contributed by atoms with E-state index in [-0.39, 0.29) is 0 Å². The quantitative estimate of drug-likeness (QED) is 0.762. The van der Waals surface area contributed by atoms with Gasteiger partial charge in [0.2, 0.25) is 5.88 Å². The van der Waals surface area contributed by atoms with Crippen molar-refractivity contribution in [3.05, 3.63) is 42.6 Å². The van der Waals surface area contributed by atoms with E-state index < -0.39 is 0 Å². The van der Waals surface area contributed by atoms with Gasteiger partial charge in [-0.3, -0.25) is 0 Å². The minimum absolute atomic E-state index is 0.721. The van der Waals surface area contributed by atoms with E-state index in [2.05, 4.69) is 12.0 Å². The van der Waals surface area contributed by atoms with Crippen LogP contribution in [0.25, 0.3) is 5.69 Å². The van der Waals surface area contributed by atoms with Gasteiger partial charge in [0.05, 0.1) is 18.5 Å². The number of ether oxygens (including phenoxy) is 1. The lowest BCUT2D eigenvalue weighted by Crippen LogP contribution is -2.03. The predicted octanol–water partition coefficient (Wildman–Crippen LogP) is 2.66. The van der Waals surface area contributed by atoms with Crippen molar-refractivity contribution in [3.8, 4) is 11.6 Å². The summed E-state index contributed by atoms with van der Waals surface area (Å²) in [6.45, 7) is 2.81. The van der Waals surface area contributed by atoms with E-state index in [9.17, 15) is 0 Å². The molecule has 1 aromatic carbocycles. The first-order valence-electron chi connectivity index (χ1n) is 5.14. The predicted molar refractivity (Wildman–Crippen MR) is 59.4 cm³/mol. The Morgan fingerprint density at radius 2 is 2.00 bits per heavy atom. The van der Waals surface area contributed by atoms with Crippen LogP contribution in [0.3, 0.4) is 0 Å². The molecule has 0 atom stereocenters. The highest BCUT2D eigenvalue weighted by Gasteiger charge is 2.04. The van der Waals surface area contributed by atoms with Crippen molar-refractivity contribution in [3.63, 3.8) is 0 Å². The molecule has 0 aliphatic rings. The van der Waals surface area contributed by atoms with Gasteiger partial charge in [-0.25, -0.2) is 4.68 Å². The molecule has 0 spiro atoms. The summed E-state index contributed by atoms with van der Waals surface area (Å²) in [5.41, 5.74) is 1.02. The fourth-order valence-corrected chi connectivity index (χ4v) is 1.37. The molecule has 0 aliphatic heterocycles. The summed E-state index contributed by atoms with van der Waals surface area (Å²) < 4.78 is 7.38. The Balaban J connectivity index is 2.25. The van der Waals surface area contributed by atoms with Gasteiger partial charge in [-0.15, -0.1) is 0 Å². The Morgan fingerprint density at radius 3 is 2.73 bits per heavy atom. The molecular formula is C12H14N2O. The Hall–Kier alpha value is -1.77. The molecule has 0 saturated carbocycles. The van der Waals surface area contributed by atoms with Gasteiger partial charge in [0.1, 0.15) is 0 Å². The van der Waals surface area contributed by atoms with Crippen molar-refractivity contribution in [1.82, 2.24) is 9.78 Å². The number of rotatable bonds is 4. The van der Waals surface area contributed by atoms with Crippen molar-refractivity contribution in [2.75, 3.05) is 6.61 Å². The highest BCUT2D eigenvalue weighted by molar-refractivity contribution is 5.34. The summed E-state index contributed by atoms with van der Waals surface area (Å²) in [4.78, 5) is 0. The summed E-state index contributed by atoms with van der Waals surface area (Å²) in [6, 6.07) is 11.8. The monoisotopic (exact) mass is 202 g/mol. The van der Waals surface area contributed by atoms with E-state index in [1.807, 2.05) is 36.4 Å². The van der Waals surface area contributed by atoms with Gasteiger partial charge in [0, 0.05) is 6.07 Å². The van der Waals surface area contributed by atoms with Crippen LogP contribution in [0.1, 0.15) is 13.3 Å². The average Bonchev–Trinajstić information content (AvgIpc) is 2.75. The molecule has 0 N–H and O–H groups in total. The van der Waals surface area contributed by atoms with Gasteiger partial charge in [0.15, 0.2) is 0 Å². The molecule has 2 aromatic rings. The molecule has 3 nitrogen and oxygen atoms in total. The Morgan fingerprint density at radius 1 is 1.20 bits per heavy atom. The normalized spacial score (nSPS) is 10.2. The molecule has 0 saturated heterocycles. The highest BCUT2D eigenvalue weighted by atomic mass is 16.5. The third kappa shape index (κ3) is 2.18. The molecule has 2 rings (SSSR count). The SMILES string of the molecule is CCCOc1ccnn1-c1ccccc1. The maximum atomic E-state index is 5.58. The molecule has 1 aromatic heterocycles. The maximum absolute atomic E-state index is 5.58. The molecule has 0 radical (unpaired) electrons. The van der Waals surface area contributed by atoms with Crippen LogP contribution in [0.5, 0.6) is 5.88 Å². The van der Waals surface area contributed by atoms with Crippen LogP contribution in [0.15, 0.2) is 42.6 Å². The summed E-state index contributed by atoms with van der Waals surface area (Å²) in [7, 11) is 0. The van der Waals surface area contributed by atoms with E-state index in [1.54, 1.807) is 10.9 Å². The first-order chi connectivity index (χ1) is 7.42. The second kappa shape index (κ2) is 4.64. The molecular weight excluding hydrogens is 188 g/mol. The van der Waals surface area contributed by atoms with Crippen molar-refractivity contribution < 1.29 is 4.74 Å². The van der Waals surface area contributed by atoms with Gasteiger partial charge >= 0.3 is 0 Å². The lowest BCUT2D eigenvalue weighted by atomic mass is 10.3. The van der Waals surface area contributed by atoms with E-state index in [4.69, 9.17) is 4.74 Å². The zero-order valence-corrected chi connectivity index (χ0v) is 8.76. The van der Waals surface area contributed by atoms with Crippen LogP contribution in [0, 0.1) is 0 Å². The average molecular weight is 202 g/mol. The zero-order chi connectivity index (χ0) is 10.5. The van der Waals surface area contributed by atoms with Gasteiger partial charge in [-0.1, -0.05) is 25.1 Å². The third-order valence-electron chi connectivity index (χ3n) is 2.06. The van der Waals surface area contributed by atoms with Crippen molar-refractivity contribution in [2.45, 2.75) is 13.3 Å². The second-order valence-corrected chi connectivity index (χ2v) is 3.27. The van der Waals surface area contributed by atoms with E-state index in [1.165, 1.54) is 0 Å². The molecule has 0 amide bonds. The Bertz CT molecular complexity index is 409. The van der Waals surface area contributed by atoms with Crippen molar-refractivity contribution >= 4 is 0 Å². The molecule has 3 heteroatoms. The van der Waals surface area contributed by atoms with Gasteiger partial charge < -0.3 is 4.74 Å². The molecule has 78 valence electrons. The van der Waals surface area contributed by atoms with Crippen LogP contribution in [0.4, 0.5) is 0 Å². The van der Waals surface area contributed by atoms with Gasteiger partial charge in [0.25, 0.3) is 0 Å². The van der Waals surface area contributed by atoms with Crippen LogP contribution in [0.2, 0.25) is 0 Å². The Labute approximate surface area is 89.3 Å². The number of aromatic nitrogens is 2. The minimum atomic E-state index is 0.721. The van der Waals surface area contributed by atoms with E-state index >= 15 is 0 Å². The van der Waals surface area contributed by atoms with Crippen LogP contribution in [-0.4, -0.2) is 16.4 Å². The maximum Gasteiger partial charge on any atom is 0.216 e. The number of benzene rings is 1. The van der Waals surface area contributed by atoms with Crippen LogP contribution in [-0.2, 0) is 0 Å². The molecule has 0 fully saturated rings. The number of hydrogen-bond acceptors (Lipinski definition) is 2. The number of nitrogens with zero attached hydrogens (tertiary/aromatic N) is 2. The van der Waals surface area contributed by atoms with Crippen LogP contribution >= 0.6 is 0 Å². The number of para-hydroxylation sites is 1. The lowest BCUT2D eigenvalue weighted by molar-refractivity contribution is 0.296. The molecule has 0 bridgehead atoms. The van der Waals surface area contributed by atoms with Gasteiger partial charge in [-0.2, -0.15) is 5.10 Å². The van der Waals surface area contributed by atoms with Crippen molar-refractivity contribution in [2.24, 2.45) is 0 Å². The fraction of sp³-hybridized carbons (Fsp3) is 0.250. The smallest absolute Gasteiger partial charge is 0.216 e. The first kappa shape index (κ1) is 9.77. The molecule has 0 unspecified atom stereocenters. The topological polar surface area (TPSA) is 27.1 Å². The standard InChI is InChI=1S/C12H14N2O/c1-2-10-15-12-8-9-13-14(12)11-6-4-3-5-7-11/h3-9H,2,10H2,1H3. The summed E-state index contributed by atoms with van der Waals surface area (Å²) in [6.07, 6.45) is 2.75. The molecule has 1 heterocycles. The lowest BCUT2D eigenvalue weighted by Gasteiger charge is -2.07. The highest BCUT2D eigenvalue weighted by Crippen LogP contribution is 2.16. The van der Waals surface area contributed by atoms with E-state index in [0.29, 0.717) is 0 Å². The van der Waals surface area contributed by atoms with E-state index in [0.717, 1.165) is 24.6 Å². The molecule has 15 heavy (non-hydrogen) atoms.